The third kappa shape index (κ3) is 8.65. The standard InChI is InChI=1S/C36H37N5O7/c1-36(2,3)41(35(44)45)17-16-32(42)38-25-13-9-12-24(18-25)28-20-30(27-15-14-26(47-5)19-31(27)48-22-46-4)39-33(29(28)21-37)40-34(43)23-10-7-6-8-11-23/h6-15,18-20H,16-17,22H2,1-5H3,(H,38,42)(H,44,45)(H,39,40,43). The summed E-state index contributed by atoms with van der Waals surface area (Å²) in [5, 5.41) is 25.6. The predicted molar refractivity (Wildman–Crippen MR) is 181 cm³/mol. The van der Waals surface area contributed by atoms with E-state index in [1.807, 2.05) is 0 Å². The normalized spacial score (nSPS) is 10.8. The van der Waals surface area contributed by atoms with Gasteiger partial charge in [0.1, 0.15) is 23.1 Å². The van der Waals surface area contributed by atoms with E-state index >= 15 is 0 Å². The maximum atomic E-state index is 13.3. The molecule has 4 rings (SSSR count). The van der Waals surface area contributed by atoms with Crippen LogP contribution in [0, 0.1) is 11.3 Å². The molecule has 0 saturated carbocycles. The number of hydrogen-bond donors (Lipinski definition) is 3. The monoisotopic (exact) mass is 651 g/mol. The lowest BCUT2D eigenvalue weighted by atomic mass is 9.97. The van der Waals surface area contributed by atoms with Gasteiger partial charge in [-0.2, -0.15) is 5.26 Å². The second-order valence-corrected chi connectivity index (χ2v) is 11.6. The zero-order chi connectivity index (χ0) is 34.8. The molecular weight excluding hydrogens is 614 g/mol. The zero-order valence-electron chi connectivity index (χ0n) is 27.4. The van der Waals surface area contributed by atoms with Crippen molar-refractivity contribution in [3.63, 3.8) is 0 Å². The zero-order valence-corrected chi connectivity index (χ0v) is 27.4. The van der Waals surface area contributed by atoms with E-state index < -0.39 is 17.5 Å². The molecule has 3 aromatic carbocycles. The quantitative estimate of drug-likeness (QED) is 0.143. The summed E-state index contributed by atoms with van der Waals surface area (Å²) in [6, 6.07) is 24.5. The molecule has 12 nitrogen and oxygen atoms in total. The van der Waals surface area contributed by atoms with Crippen LogP contribution in [0.4, 0.5) is 16.3 Å². The molecule has 0 aliphatic rings. The first-order valence-electron chi connectivity index (χ1n) is 15.0. The minimum Gasteiger partial charge on any atom is -0.497 e. The van der Waals surface area contributed by atoms with Crippen LogP contribution in [0.15, 0.2) is 78.9 Å². The van der Waals surface area contributed by atoms with Crippen LogP contribution in [-0.2, 0) is 9.53 Å². The van der Waals surface area contributed by atoms with Crippen molar-refractivity contribution in [2.45, 2.75) is 32.7 Å². The van der Waals surface area contributed by atoms with Gasteiger partial charge in [0, 0.05) is 54.1 Å². The highest BCUT2D eigenvalue weighted by molar-refractivity contribution is 6.05. The van der Waals surface area contributed by atoms with E-state index in [0.29, 0.717) is 45.1 Å². The maximum Gasteiger partial charge on any atom is 0.407 e. The molecule has 0 aliphatic carbocycles. The molecule has 0 unspecified atom stereocenters. The Labute approximate surface area is 278 Å². The van der Waals surface area contributed by atoms with E-state index in [0.717, 1.165) is 0 Å². The van der Waals surface area contributed by atoms with Crippen LogP contribution >= 0.6 is 0 Å². The molecule has 0 saturated heterocycles. The molecule has 0 radical (unpaired) electrons. The molecule has 248 valence electrons. The number of amides is 3. The van der Waals surface area contributed by atoms with E-state index in [9.17, 15) is 24.8 Å². The van der Waals surface area contributed by atoms with Gasteiger partial charge in [0.05, 0.1) is 12.8 Å². The number of anilines is 2. The Bertz CT molecular complexity index is 1830. The molecule has 4 aromatic rings. The largest absolute Gasteiger partial charge is 0.497 e. The van der Waals surface area contributed by atoms with Crippen LogP contribution in [-0.4, -0.2) is 66.0 Å². The van der Waals surface area contributed by atoms with Crippen molar-refractivity contribution in [2.24, 2.45) is 0 Å². The Morgan fingerprint density at radius 2 is 1.69 bits per heavy atom. The first-order valence-corrected chi connectivity index (χ1v) is 15.0. The molecule has 3 N–H and O–H groups in total. The number of rotatable bonds is 12. The number of carboxylic acid groups (broad SMARTS) is 1. The number of benzene rings is 3. The van der Waals surface area contributed by atoms with Crippen LogP contribution in [0.1, 0.15) is 43.1 Å². The van der Waals surface area contributed by atoms with E-state index in [1.165, 1.54) is 19.1 Å². The van der Waals surface area contributed by atoms with Crippen molar-refractivity contribution >= 4 is 29.4 Å². The van der Waals surface area contributed by atoms with Crippen molar-refractivity contribution in [2.75, 3.05) is 38.2 Å². The first-order chi connectivity index (χ1) is 22.9. The molecule has 0 bridgehead atoms. The summed E-state index contributed by atoms with van der Waals surface area (Å²) >= 11 is 0. The van der Waals surface area contributed by atoms with Crippen molar-refractivity contribution in [3.05, 3.63) is 90.0 Å². The Balaban J connectivity index is 1.77. The second-order valence-electron chi connectivity index (χ2n) is 11.6. The topological polar surface area (TPSA) is 163 Å². The fourth-order valence-corrected chi connectivity index (χ4v) is 4.89. The van der Waals surface area contributed by atoms with E-state index in [2.05, 4.69) is 16.7 Å². The summed E-state index contributed by atoms with van der Waals surface area (Å²) in [4.78, 5) is 43.7. The fourth-order valence-electron chi connectivity index (χ4n) is 4.89. The Morgan fingerprint density at radius 3 is 2.33 bits per heavy atom. The Hall–Kier alpha value is -5.93. The number of hydrogen-bond acceptors (Lipinski definition) is 8. The lowest BCUT2D eigenvalue weighted by Crippen LogP contribution is -2.46. The summed E-state index contributed by atoms with van der Waals surface area (Å²) in [5.41, 5.74) is 2.14. The number of aromatic nitrogens is 1. The third-order valence-corrected chi connectivity index (χ3v) is 7.26. The molecule has 0 fully saturated rings. The minimum absolute atomic E-state index is 0.0104. The van der Waals surface area contributed by atoms with E-state index in [4.69, 9.17) is 19.2 Å². The smallest absolute Gasteiger partial charge is 0.407 e. The molecule has 1 heterocycles. The van der Waals surface area contributed by atoms with Crippen LogP contribution in [0.25, 0.3) is 22.4 Å². The predicted octanol–water partition coefficient (Wildman–Crippen LogP) is 6.64. The van der Waals surface area contributed by atoms with Crippen molar-refractivity contribution in [1.29, 1.82) is 5.26 Å². The van der Waals surface area contributed by atoms with Crippen LogP contribution in [0.5, 0.6) is 11.5 Å². The maximum absolute atomic E-state index is 13.3. The summed E-state index contributed by atoms with van der Waals surface area (Å²) in [7, 11) is 3.02. The van der Waals surface area contributed by atoms with E-state index in [-0.39, 0.29) is 37.0 Å². The summed E-state index contributed by atoms with van der Waals surface area (Å²) in [6.07, 6.45) is -1.17. The first kappa shape index (κ1) is 34.9. The number of nitrogens with one attached hydrogen (secondary N) is 2. The highest BCUT2D eigenvalue weighted by Gasteiger charge is 2.26. The summed E-state index contributed by atoms with van der Waals surface area (Å²) in [6.45, 7) is 5.23. The number of methoxy groups -OCH3 is 2. The van der Waals surface area contributed by atoms with Crippen molar-refractivity contribution < 1.29 is 33.7 Å². The lowest BCUT2D eigenvalue weighted by molar-refractivity contribution is -0.116. The number of ether oxygens (including phenoxy) is 3. The highest BCUT2D eigenvalue weighted by atomic mass is 16.7. The van der Waals surface area contributed by atoms with E-state index in [1.54, 1.807) is 99.6 Å². The molecule has 0 aliphatic heterocycles. The fraction of sp³-hybridized carbons (Fsp3) is 0.250. The van der Waals surface area contributed by atoms with Gasteiger partial charge in [-0.05, 0) is 68.8 Å². The molecule has 0 atom stereocenters. The number of carbonyl (C=O) groups is 3. The van der Waals surface area contributed by atoms with Crippen molar-refractivity contribution in [3.8, 4) is 40.0 Å². The summed E-state index contributed by atoms with van der Waals surface area (Å²) < 4.78 is 16.3. The van der Waals surface area contributed by atoms with Gasteiger partial charge < -0.3 is 34.9 Å². The van der Waals surface area contributed by atoms with Gasteiger partial charge in [-0.25, -0.2) is 9.78 Å². The van der Waals surface area contributed by atoms with Gasteiger partial charge in [-0.1, -0.05) is 30.3 Å². The van der Waals surface area contributed by atoms with Gasteiger partial charge in [-0.3, -0.25) is 9.59 Å². The lowest BCUT2D eigenvalue weighted by Gasteiger charge is -2.32. The molecule has 48 heavy (non-hydrogen) atoms. The Kier molecular flexibility index (Phi) is 11.3. The number of nitrogens with zero attached hydrogens (tertiary/aromatic N) is 3. The molecular formula is C36H37N5O7. The number of carbonyl (C=O) groups excluding carboxylic acids is 2. The van der Waals surface area contributed by atoms with Gasteiger partial charge >= 0.3 is 6.09 Å². The highest BCUT2D eigenvalue weighted by Crippen LogP contribution is 2.38. The van der Waals surface area contributed by atoms with Crippen LogP contribution in [0.3, 0.4) is 0 Å². The number of pyridine rings is 1. The molecule has 12 heteroatoms. The summed E-state index contributed by atoms with van der Waals surface area (Å²) in [5.74, 6) is 0.116. The van der Waals surface area contributed by atoms with Gasteiger partial charge in [-0.15, -0.1) is 0 Å². The molecule has 0 spiro atoms. The average Bonchev–Trinajstić information content (AvgIpc) is 3.06. The van der Waals surface area contributed by atoms with Crippen LogP contribution < -0.4 is 20.1 Å². The number of nitriles is 1. The average molecular weight is 652 g/mol. The van der Waals surface area contributed by atoms with Gasteiger partial charge in [0.25, 0.3) is 5.91 Å². The molecule has 1 aromatic heterocycles. The van der Waals surface area contributed by atoms with Crippen LogP contribution in [0.2, 0.25) is 0 Å². The van der Waals surface area contributed by atoms with Gasteiger partial charge in [0.2, 0.25) is 5.91 Å². The SMILES string of the molecule is COCOc1cc(OC)ccc1-c1cc(-c2cccc(NC(=O)CCN(C(=O)O)C(C)(C)C)c2)c(C#N)c(NC(=O)c2ccccc2)n1. The second kappa shape index (κ2) is 15.6. The Morgan fingerprint density at radius 1 is 0.938 bits per heavy atom. The van der Waals surface area contributed by atoms with Crippen molar-refractivity contribution in [1.82, 2.24) is 9.88 Å². The third-order valence-electron chi connectivity index (χ3n) is 7.26. The van der Waals surface area contributed by atoms with Gasteiger partial charge in [0.15, 0.2) is 12.6 Å². The molecule has 3 amide bonds. The minimum atomic E-state index is -1.11.